The van der Waals surface area contributed by atoms with Gasteiger partial charge in [-0.15, -0.1) is 11.3 Å². The first-order valence-electron chi connectivity index (χ1n) is 6.03. The maximum absolute atomic E-state index is 11.7. The topological polar surface area (TPSA) is 45.2 Å². The Morgan fingerprint density at radius 3 is 2.53 bits per heavy atom. The number of rotatable bonds is 4. The van der Waals surface area contributed by atoms with Gasteiger partial charge in [0.05, 0.1) is 17.2 Å². The molecule has 0 aliphatic carbocycles. The van der Waals surface area contributed by atoms with E-state index in [0.29, 0.717) is 12.1 Å². The maximum Gasteiger partial charge on any atom is 0.253 e. The van der Waals surface area contributed by atoms with Crippen molar-refractivity contribution in [3.05, 3.63) is 45.9 Å². The van der Waals surface area contributed by atoms with Crippen molar-refractivity contribution in [3.8, 4) is 0 Å². The lowest BCUT2D eigenvalue weighted by atomic mass is 10.2. The van der Waals surface area contributed by atoms with Gasteiger partial charge in [0.2, 0.25) is 0 Å². The van der Waals surface area contributed by atoms with Gasteiger partial charge in [-0.1, -0.05) is 0 Å². The molecular weight excluding hydrogens is 258 g/mol. The fourth-order valence-corrected chi connectivity index (χ4v) is 2.28. The first-order chi connectivity index (χ1) is 9.06. The average Bonchev–Trinajstić information content (AvgIpc) is 2.82. The van der Waals surface area contributed by atoms with Crippen LogP contribution in [0, 0.1) is 6.92 Å². The van der Waals surface area contributed by atoms with Gasteiger partial charge in [-0.25, -0.2) is 4.98 Å². The molecule has 4 nitrogen and oxygen atoms in total. The van der Waals surface area contributed by atoms with Gasteiger partial charge >= 0.3 is 0 Å². The number of nitrogens with one attached hydrogen (secondary N) is 1. The summed E-state index contributed by atoms with van der Waals surface area (Å²) in [6.45, 7) is 2.70. The molecule has 0 radical (unpaired) electrons. The smallest absolute Gasteiger partial charge is 0.253 e. The van der Waals surface area contributed by atoms with Crippen molar-refractivity contribution < 1.29 is 4.79 Å². The summed E-state index contributed by atoms with van der Waals surface area (Å²) >= 11 is 1.65. The Morgan fingerprint density at radius 2 is 2.00 bits per heavy atom. The summed E-state index contributed by atoms with van der Waals surface area (Å²) in [5, 5.41) is 6.41. The highest BCUT2D eigenvalue weighted by Crippen LogP contribution is 2.13. The Kier molecular flexibility index (Phi) is 4.16. The monoisotopic (exact) mass is 275 g/mol. The van der Waals surface area contributed by atoms with Crippen LogP contribution in [0.5, 0.6) is 0 Å². The van der Waals surface area contributed by atoms with Gasteiger partial charge in [0.1, 0.15) is 0 Å². The molecule has 0 atom stereocenters. The molecule has 1 aromatic carbocycles. The van der Waals surface area contributed by atoms with E-state index in [1.807, 2.05) is 36.6 Å². The second-order valence-electron chi connectivity index (χ2n) is 4.49. The molecule has 1 aromatic heterocycles. The Labute approximate surface area is 117 Å². The SMILES string of the molecule is Cc1nc(CNc2ccc(C(=O)N(C)C)cc2)cs1. The third-order valence-corrected chi connectivity index (χ3v) is 3.50. The van der Waals surface area contributed by atoms with E-state index in [2.05, 4.69) is 10.3 Å². The lowest BCUT2D eigenvalue weighted by Gasteiger charge is -2.11. The first-order valence-corrected chi connectivity index (χ1v) is 6.91. The number of nitrogens with zero attached hydrogens (tertiary/aromatic N) is 2. The number of carbonyl (C=O) groups is 1. The van der Waals surface area contributed by atoms with E-state index in [-0.39, 0.29) is 5.91 Å². The van der Waals surface area contributed by atoms with Crippen LogP contribution in [0.25, 0.3) is 0 Å². The quantitative estimate of drug-likeness (QED) is 0.933. The lowest BCUT2D eigenvalue weighted by Crippen LogP contribution is -2.21. The zero-order valence-corrected chi connectivity index (χ0v) is 12.1. The number of hydrogen-bond acceptors (Lipinski definition) is 4. The van der Waals surface area contributed by atoms with Crippen molar-refractivity contribution in [2.75, 3.05) is 19.4 Å². The Morgan fingerprint density at radius 1 is 1.32 bits per heavy atom. The standard InChI is InChI=1S/C14H17N3OS/c1-10-16-13(9-19-10)8-15-12-6-4-11(5-7-12)14(18)17(2)3/h4-7,9,15H,8H2,1-3H3. The fraction of sp³-hybridized carbons (Fsp3) is 0.286. The highest BCUT2D eigenvalue weighted by molar-refractivity contribution is 7.09. The van der Waals surface area contributed by atoms with Crippen molar-refractivity contribution in [2.24, 2.45) is 0 Å². The number of benzene rings is 1. The van der Waals surface area contributed by atoms with Gasteiger partial charge in [0.15, 0.2) is 0 Å². The van der Waals surface area contributed by atoms with Crippen LogP contribution in [0.3, 0.4) is 0 Å². The molecule has 100 valence electrons. The average molecular weight is 275 g/mol. The van der Waals surface area contributed by atoms with E-state index in [1.165, 1.54) is 0 Å². The number of carbonyl (C=O) groups excluding carboxylic acids is 1. The largest absolute Gasteiger partial charge is 0.379 e. The third kappa shape index (κ3) is 3.54. The minimum absolute atomic E-state index is 0.0154. The minimum atomic E-state index is 0.0154. The zero-order valence-electron chi connectivity index (χ0n) is 11.3. The van der Waals surface area contributed by atoms with Crippen molar-refractivity contribution in [1.82, 2.24) is 9.88 Å². The number of aryl methyl sites for hydroxylation is 1. The molecule has 1 N–H and O–H groups in total. The van der Waals surface area contributed by atoms with E-state index in [1.54, 1.807) is 30.3 Å². The molecule has 0 bridgehead atoms. The first kappa shape index (κ1) is 13.5. The maximum atomic E-state index is 11.7. The van der Waals surface area contributed by atoms with E-state index in [0.717, 1.165) is 16.4 Å². The van der Waals surface area contributed by atoms with Crippen LogP contribution in [-0.2, 0) is 6.54 Å². The molecule has 0 fully saturated rings. The molecule has 19 heavy (non-hydrogen) atoms. The summed E-state index contributed by atoms with van der Waals surface area (Å²) in [7, 11) is 3.50. The van der Waals surface area contributed by atoms with Crippen LogP contribution in [-0.4, -0.2) is 29.9 Å². The molecule has 0 aliphatic heterocycles. The molecule has 0 saturated heterocycles. The van der Waals surface area contributed by atoms with Gasteiger partial charge in [0.25, 0.3) is 5.91 Å². The molecule has 0 saturated carbocycles. The van der Waals surface area contributed by atoms with Gasteiger partial charge in [0, 0.05) is 30.7 Å². The number of anilines is 1. The zero-order chi connectivity index (χ0) is 13.8. The molecule has 0 spiro atoms. The highest BCUT2D eigenvalue weighted by Gasteiger charge is 2.07. The molecule has 1 amide bonds. The van der Waals surface area contributed by atoms with E-state index < -0.39 is 0 Å². The van der Waals surface area contributed by atoms with Crippen LogP contribution in [0.1, 0.15) is 21.1 Å². The van der Waals surface area contributed by atoms with Crippen LogP contribution in [0.4, 0.5) is 5.69 Å². The predicted molar refractivity (Wildman–Crippen MR) is 78.6 cm³/mol. The van der Waals surface area contributed by atoms with Gasteiger partial charge in [-0.2, -0.15) is 0 Å². The molecule has 0 aliphatic rings. The highest BCUT2D eigenvalue weighted by atomic mass is 32.1. The Hall–Kier alpha value is -1.88. The van der Waals surface area contributed by atoms with Crippen molar-refractivity contribution >= 4 is 22.9 Å². The van der Waals surface area contributed by atoms with Gasteiger partial charge in [-0.3, -0.25) is 4.79 Å². The van der Waals surface area contributed by atoms with Crippen molar-refractivity contribution in [1.29, 1.82) is 0 Å². The number of thiazole rings is 1. The molecule has 0 unspecified atom stereocenters. The van der Waals surface area contributed by atoms with E-state index in [4.69, 9.17) is 0 Å². The predicted octanol–water partition coefficient (Wildman–Crippen LogP) is 2.77. The van der Waals surface area contributed by atoms with E-state index >= 15 is 0 Å². The number of hydrogen-bond donors (Lipinski definition) is 1. The van der Waals surface area contributed by atoms with E-state index in [9.17, 15) is 4.79 Å². The van der Waals surface area contributed by atoms with Crippen LogP contribution >= 0.6 is 11.3 Å². The minimum Gasteiger partial charge on any atom is -0.379 e. The van der Waals surface area contributed by atoms with Gasteiger partial charge in [-0.05, 0) is 31.2 Å². The lowest BCUT2D eigenvalue weighted by molar-refractivity contribution is 0.0827. The molecule has 5 heteroatoms. The summed E-state index contributed by atoms with van der Waals surface area (Å²) in [4.78, 5) is 17.7. The summed E-state index contributed by atoms with van der Waals surface area (Å²) in [6.07, 6.45) is 0. The second-order valence-corrected chi connectivity index (χ2v) is 5.55. The second kappa shape index (κ2) is 5.84. The molecule has 1 heterocycles. The molecule has 2 rings (SSSR count). The molecular formula is C14H17N3OS. The van der Waals surface area contributed by atoms with Gasteiger partial charge < -0.3 is 10.2 Å². The summed E-state index contributed by atoms with van der Waals surface area (Å²) in [6, 6.07) is 7.49. The Bertz CT molecular complexity index is 560. The van der Waals surface area contributed by atoms with Crippen LogP contribution in [0.2, 0.25) is 0 Å². The fourth-order valence-electron chi connectivity index (χ4n) is 1.67. The third-order valence-electron chi connectivity index (χ3n) is 2.68. The summed E-state index contributed by atoms with van der Waals surface area (Å²) < 4.78 is 0. The summed E-state index contributed by atoms with van der Waals surface area (Å²) in [5.41, 5.74) is 2.72. The van der Waals surface area contributed by atoms with Crippen molar-refractivity contribution in [3.63, 3.8) is 0 Å². The van der Waals surface area contributed by atoms with Crippen LogP contribution < -0.4 is 5.32 Å². The number of amides is 1. The number of aromatic nitrogens is 1. The van der Waals surface area contributed by atoms with Crippen molar-refractivity contribution in [2.45, 2.75) is 13.5 Å². The van der Waals surface area contributed by atoms with Crippen LogP contribution in [0.15, 0.2) is 29.6 Å². The normalized spacial score (nSPS) is 10.3. The molecule has 2 aromatic rings. The summed E-state index contributed by atoms with van der Waals surface area (Å²) in [5.74, 6) is 0.0154. The Balaban J connectivity index is 1.97.